The number of carbonyl (C=O) groups excluding carboxylic acids is 5. The first-order valence-corrected chi connectivity index (χ1v) is 10.4. The maximum absolute atomic E-state index is 12.5. The summed E-state index contributed by atoms with van der Waals surface area (Å²) in [5, 5.41) is 8.55. The summed E-state index contributed by atoms with van der Waals surface area (Å²) >= 11 is 0. The zero-order valence-corrected chi connectivity index (χ0v) is 18.4. The Morgan fingerprint density at radius 2 is 1.07 bits per heavy atom. The standard InChI is InChI=1S/C21H37N3O5/c1-6-15(22-5)12-20(28)24-17(11-19(27)8-3)13-21(29)23-16(9-14(4)25)10-18(26)7-2/h15-17,22H,6-13H2,1-5H3,(H,23,29)(H,24,28). The van der Waals surface area contributed by atoms with Gasteiger partial charge >= 0.3 is 0 Å². The number of amides is 2. The largest absolute Gasteiger partial charge is 0.352 e. The molecule has 0 heterocycles. The molecule has 0 aromatic carbocycles. The summed E-state index contributed by atoms with van der Waals surface area (Å²) in [6.07, 6.45) is 1.83. The molecule has 3 atom stereocenters. The van der Waals surface area contributed by atoms with Crippen LogP contribution in [-0.2, 0) is 24.0 Å². The van der Waals surface area contributed by atoms with Gasteiger partial charge in [0.1, 0.15) is 17.3 Å². The zero-order valence-electron chi connectivity index (χ0n) is 18.4. The highest BCUT2D eigenvalue weighted by Crippen LogP contribution is 2.07. The molecule has 8 heteroatoms. The highest BCUT2D eigenvalue weighted by molar-refractivity contribution is 5.86. The summed E-state index contributed by atoms with van der Waals surface area (Å²) in [6.45, 7) is 6.83. The predicted octanol–water partition coefficient (Wildman–Crippen LogP) is 1.45. The zero-order chi connectivity index (χ0) is 22.4. The number of carbonyl (C=O) groups is 5. The first-order valence-electron chi connectivity index (χ1n) is 10.4. The van der Waals surface area contributed by atoms with Crippen molar-refractivity contribution in [3.63, 3.8) is 0 Å². The lowest BCUT2D eigenvalue weighted by Gasteiger charge is -2.22. The Morgan fingerprint density at radius 1 is 0.655 bits per heavy atom. The molecule has 0 bridgehead atoms. The number of rotatable bonds is 16. The van der Waals surface area contributed by atoms with Crippen LogP contribution in [0.2, 0.25) is 0 Å². The highest BCUT2D eigenvalue weighted by atomic mass is 16.2. The van der Waals surface area contributed by atoms with Crippen LogP contribution >= 0.6 is 0 Å². The highest BCUT2D eigenvalue weighted by Gasteiger charge is 2.23. The molecule has 0 radical (unpaired) electrons. The Balaban J connectivity index is 5.02. The Labute approximate surface area is 173 Å². The minimum Gasteiger partial charge on any atom is -0.352 e. The quantitative estimate of drug-likeness (QED) is 0.353. The van der Waals surface area contributed by atoms with E-state index < -0.39 is 18.0 Å². The number of hydrogen-bond acceptors (Lipinski definition) is 6. The molecule has 0 saturated carbocycles. The van der Waals surface area contributed by atoms with Gasteiger partial charge in [-0.15, -0.1) is 0 Å². The molecule has 0 aromatic heterocycles. The molecule has 0 aliphatic heterocycles. The molecule has 8 nitrogen and oxygen atoms in total. The van der Waals surface area contributed by atoms with E-state index in [1.54, 1.807) is 20.9 Å². The Kier molecular flexibility index (Phi) is 13.8. The van der Waals surface area contributed by atoms with Crippen LogP contribution in [0.15, 0.2) is 0 Å². The van der Waals surface area contributed by atoms with E-state index in [1.807, 2.05) is 6.92 Å². The van der Waals surface area contributed by atoms with Crippen LogP contribution in [0.25, 0.3) is 0 Å². The van der Waals surface area contributed by atoms with Crippen LogP contribution in [0.1, 0.15) is 79.1 Å². The smallest absolute Gasteiger partial charge is 0.222 e. The van der Waals surface area contributed by atoms with Crippen molar-refractivity contribution in [1.82, 2.24) is 16.0 Å². The average molecular weight is 412 g/mol. The van der Waals surface area contributed by atoms with Crippen molar-refractivity contribution in [3.8, 4) is 0 Å². The predicted molar refractivity (Wildman–Crippen MR) is 111 cm³/mol. The second kappa shape index (κ2) is 14.8. The molecule has 0 fully saturated rings. The first-order chi connectivity index (χ1) is 13.6. The van der Waals surface area contributed by atoms with E-state index >= 15 is 0 Å². The van der Waals surface area contributed by atoms with Gasteiger partial charge in [0.2, 0.25) is 11.8 Å². The van der Waals surface area contributed by atoms with Crippen molar-refractivity contribution in [2.45, 2.75) is 97.2 Å². The van der Waals surface area contributed by atoms with Gasteiger partial charge in [-0.25, -0.2) is 0 Å². The van der Waals surface area contributed by atoms with Crippen LogP contribution < -0.4 is 16.0 Å². The van der Waals surface area contributed by atoms with E-state index in [-0.39, 0.29) is 61.4 Å². The molecular weight excluding hydrogens is 374 g/mol. The van der Waals surface area contributed by atoms with E-state index in [4.69, 9.17) is 0 Å². The van der Waals surface area contributed by atoms with Gasteiger partial charge in [0.25, 0.3) is 0 Å². The van der Waals surface area contributed by atoms with Gasteiger partial charge in [0.05, 0.1) is 0 Å². The van der Waals surface area contributed by atoms with Crippen LogP contribution in [0.3, 0.4) is 0 Å². The fourth-order valence-electron chi connectivity index (χ4n) is 3.01. The third kappa shape index (κ3) is 12.9. The maximum atomic E-state index is 12.5. The molecule has 3 unspecified atom stereocenters. The van der Waals surface area contributed by atoms with Gasteiger partial charge in [-0.3, -0.25) is 24.0 Å². The average Bonchev–Trinajstić information content (AvgIpc) is 2.64. The van der Waals surface area contributed by atoms with Crippen molar-refractivity contribution in [2.75, 3.05) is 7.05 Å². The summed E-state index contributed by atoms with van der Waals surface area (Å²) in [6, 6.07) is -1.17. The summed E-state index contributed by atoms with van der Waals surface area (Å²) in [5.41, 5.74) is 0. The van der Waals surface area contributed by atoms with E-state index in [9.17, 15) is 24.0 Å². The first kappa shape index (κ1) is 26.9. The van der Waals surface area contributed by atoms with Crippen LogP contribution in [0, 0.1) is 0 Å². The number of ketones is 3. The molecule has 0 aliphatic carbocycles. The van der Waals surface area contributed by atoms with Gasteiger partial charge in [-0.2, -0.15) is 0 Å². The van der Waals surface area contributed by atoms with Crippen molar-refractivity contribution >= 4 is 29.2 Å². The van der Waals surface area contributed by atoms with Gasteiger partial charge in [0, 0.05) is 63.1 Å². The summed E-state index contributed by atoms with van der Waals surface area (Å²) < 4.78 is 0. The monoisotopic (exact) mass is 411 g/mol. The molecule has 166 valence electrons. The van der Waals surface area contributed by atoms with Gasteiger partial charge in [-0.1, -0.05) is 20.8 Å². The van der Waals surface area contributed by atoms with Crippen molar-refractivity contribution in [2.24, 2.45) is 0 Å². The second-order valence-corrected chi connectivity index (χ2v) is 7.43. The number of Topliss-reactive ketones (excluding diaryl/α,β-unsaturated/α-hetero) is 3. The fourth-order valence-corrected chi connectivity index (χ4v) is 3.01. The molecule has 0 aromatic rings. The van der Waals surface area contributed by atoms with Gasteiger partial charge in [0.15, 0.2) is 0 Å². The SMILES string of the molecule is CCC(=O)CC(CC(C)=O)NC(=O)CC(CC(=O)CC)NC(=O)CC(CC)NC. The lowest BCUT2D eigenvalue weighted by molar-refractivity contribution is -0.125. The summed E-state index contributed by atoms with van der Waals surface area (Å²) in [7, 11) is 1.78. The fraction of sp³-hybridized carbons (Fsp3) is 0.762. The van der Waals surface area contributed by atoms with Crippen LogP contribution in [0.4, 0.5) is 0 Å². The van der Waals surface area contributed by atoms with Gasteiger partial charge in [-0.05, 0) is 20.4 Å². The third-order valence-corrected chi connectivity index (χ3v) is 4.77. The topological polar surface area (TPSA) is 121 Å². The molecule has 0 saturated heterocycles. The molecule has 3 N–H and O–H groups in total. The Hall–Kier alpha value is -2.09. The molecular formula is C21H37N3O5. The summed E-state index contributed by atoms with van der Waals surface area (Å²) in [5.74, 6) is -0.835. The third-order valence-electron chi connectivity index (χ3n) is 4.77. The Morgan fingerprint density at radius 3 is 1.41 bits per heavy atom. The minimum atomic E-state index is -0.621. The van der Waals surface area contributed by atoms with Gasteiger partial charge < -0.3 is 16.0 Å². The minimum absolute atomic E-state index is 0.0198. The Bertz CT molecular complexity index is 573. The van der Waals surface area contributed by atoms with Crippen molar-refractivity contribution in [1.29, 1.82) is 0 Å². The van der Waals surface area contributed by atoms with Crippen LogP contribution in [0.5, 0.6) is 0 Å². The van der Waals surface area contributed by atoms with E-state index in [1.165, 1.54) is 6.92 Å². The summed E-state index contributed by atoms with van der Waals surface area (Å²) in [4.78, 5) is 59.9. The van der Waals surface area contributed by atoms with Crippen molar-refractivity contribution in [3.05, 3.63) is 0 Å². The normalized spacial score (nSPS) is 13.8. The lowest BCUT2D eigenvalue weighted by Crippen LogP contribution is -2.45. The lowest BCUT2D eigenvalue weighted by atomic mass is 10.0. The number of nitrogens with one attached hydrogen (secondary N) is 3. The second-order valence-electron chi connectivity index (χ2n) is 7.43. The molecule has 29 heavy (non-hydrogen) atoms. The molecule has 0 rings (SSSR count). The van der Waals surface area contributed by atoms with E-state index in [2.05, 4.69) is 16.0 Å². The number of hydrogen-bond donors (Lipinski definition) is 3. The molecule has 0 spiro atoms. The van der Waals surface area contributed by atoms with E-state index in [0.717, 1.165) is 6.42 Å². The van der Waals surface area contributed by atoms with Crippen LogP contribution in [-0.4, -0.2) is 54.3 Å². The molecule has 0 aliphatic rings. The maximum Gasteiger partial charge on any atom is 0.222 e. The molecule has 2 amide bonds. The van der Waals surface area contributed by atoms with Crippen molar-refractivity contribution < 1.29 is 24.0 Å². The van der Waals surface area contributed by atoms with E-state index in [0.29, 0.717) is 12.8 Å².